The monoisotopic (exact) mass is 289 g/mol. The molecule has 0 fully saturated rings. The van der Waals surface area contributed by atoms with E-state index in [0.717, 1.165) is 37.9 Å². The maximum absolute atomic E-state index is 4.87. The molecule has 119 valence electrons. The first-order chi connectivity index (χ1) is 10.3. The highest BCUT2D eigenvalue weighted by atomic mass is 14.9. The second kappa shape index (κ2) is 10.8. The zero-order valence-corrected chi connectivity index (χ0v) is 14.4. The first-order valence-electron chi connectivity index (χ1n) is 8.93. The zero-order chi connectivity index (χ0) is 15.5. The number of aromatic nitrogens is 2. The minimum Gasteiger partial charge on any atom is -0.238 e. The molecule has 1 radical (unpaired) electrons. The Morgan fingerprint density at radius 1 is 0.714 bits per heavy atom. The number of unbranched alkanes of at least 4 members (excludes halogenated alkanes) is 3. The molecule has 2 nitrogen and oxygen atoms in total. The molecule has 0 atom stereocenters. The van der Waals surface area contributed by atoms with Crippen molar-refractivity contribution in [3.8, 4) is 0 Å². The molecule has 21 heavy (non-hydrogen) atoms. The number of hydrogen-bond donors (Lipinski definition) is 0. The fourth-order valence-corrected chi connectivity index (χ4v) is 2.65. The van der Waals surface area contributed by atoms with Gasteiger partial charge in [0, 0.05) is 17.8 Å². The average molecular weight is 289 g/mol. The van der Waals surface area contributed by atoms with Crippen LogP contribution in [0.5, 0.6) is 0 Å². The Morgan fingerprint density at radius 3 is 1.62 bits per heavy atom. The Bertz CT molecular complexity index is 370. The van der Waals surface area contributed by atoms with Gasteiger partial charge in [0.25, 0.3) is 0 Å². The summed E-state index contributed by atoms with van der Waals surface area (Å²) in [7, 11) is 0. The van der Waals surface area contributed by atoms with Crippen LogP contribution in [0, 0.1) is 6.92 Å². The van der Waals surface area contributed by atoms with Crippen molar-refractivity contribution in [1.82, 2.24) is 9.97 Å². The highest BCUT2D eigenvalue weighted by molar-refractivity contribution is 5.27. The van der Waals surface area contributed by atoms with Gasteiger partial charge in [-0.25, -0.2) is 9.97 Å². The van der Waals surface area contributed by atoms with Crippen LogP contribution in [-0.4, -0.2) is 9.97 Å². The second-order valence-corrected chi connectivity index (χ2v) is 5.93. The first kappa shape index (κ1) is 18.1. The van der Waals surface area contributed by atoms with Gasteiger partial charge >= 0.3 is 0 Å². The van der Waals surface area contributed by atoms with Crippen molar-refractivity contribution in [3.63, 3.8) is 0 Å². The van der Waals surface area contributed by atoms with Crippen molar-refractivity contribution < 1.29 is 0 Å². The molecule has 0 saturated heterocycles. The average Bonchev–Trinajstić information content (AvgIpc) is 2.49. The lowest BCUT2D eigenvalue weighted by Crippen LogP contribution is -2.11. The number of rotatable bonds is 11. The van der Waals surface area contributed by atoms with E-state index in [9.17, 15) is 0 Å². The molecular formula is C19H33N2. The van der Waals surface area contributed by atoms with Crippen LogP contribution < -0.4 is 0 Å². The van der Waals surface area contributed by atoms with Crippen molar-refractivity contribution in [2.75, 3.05) is 0 Å². The van der Waals surface area contributed by atoms with E-state index < -0.39 is 0 Å². The first-order valence-corrected chi connectivity index (χ1v) is 8.93. The van der Waals surface area contributed by atoms with Crippen molar-refractivity contribution in [2.24, 2.45) is 0 Å². The molecule has 0 N–H and O–H groups in total. The molecular weight excluding hydrogens is 256 g/mol. The number of aryl methyl sites for hydroxylation is 3. The summed E-state index contributed by atoms with van der Waals surface area (Å²) in [6.45, 7) is 10.7. The van der Waals surface area contributed by atoms with Gasteiger partial charge in [-0.15, -0.1) is 0 Å². The van der Waals surface area contributed by atoms with Crippen molar-refractivity contribution in [2.45, 2.75) is 91.4 Å². The van der Waals surface area contributed by atoms with Gasteiger partial charge in [-0.3, -0.25) is 0 Å². The Labute approximate surface area is 131 Å². The molecule has 1 aromatic rings. The maximum Gasteiger partial charge on any atom is 0.128 e. The van der Waals surface area contributed by atoms with Crippen molar-refractivity contribution in [1.29, 1.82) is 0 Å². The molecule has 0 bridgehead atoms. The van der Waals surface area contributed by atoms with Crippen molar-refractivity contribution >= 4 is 0 Å². The van der Waals surface area contributed by atoms with E-state index >= 15 is 0 Å². The third-order valence-corrected chi connectivity index (χ3v) is 3.94. The lowest BCUT2D eigenvalue weighted by Gasteiger charge is -2.15. The third-order valence-electron chi connectivity index (χ3n) is 3.94. The van der Waals surface area contributed by atoms with Crippen LogP contribution in [0.1, 0.15) is 88.5 Å². The molecule has 0 saturated carbocycles. The molecule has 0 unspecified atom stereocenters. The van der Waals surface area contributed by atoms with E-state index in [1.54, 1.807) is 0 Å². The third kappa shape index (κ3) is 6.15. The lowest BCUT2D eigenvalue weighted by molar-refractivity contribution is 0.685. The van der Waals surface area contributed by atoms with Crippen molar-refractivity contribution in [3.05, 3.63) is 29.7 Å². The summed E-state index contributed by atoms with van der Waals surface area (Å²) in [5, 5.41) is 0. The van der Waals surface area contributed by atoms with Crippen LogP contribution >= 0.6 is 0 Å². The van der Waals surface area contributed by atoms with Crippen LogP contribution in [-0.2, 0) is 25.7 Å². The van der Waals surface area contributed by atoms with Gasteiger partial charge in [0.1, 0.15) is 5.82 Å². The standard InChI is InChI=1S/C19H33N2/c1-5-9-13-16-17(14-10-6-2)20-19(12-8-4)21-18(16)15-11-7-3/h4-15H2,1-3H3. The Morgan fingerprint density at radius 2 is 1.19 bits per heavy atom. The minimum atomic E-state index is 0.884. The van der Waals surface area contributed by atoms with Gasteiger partial charge in [0.2, 0.25) is 0 Å². The molecule has 0 aliphatic rings. The molecule has 0 aliphatic heterocycles. The normalized spacial score (nSPS) is 11.0. The molecule has 0 amide bonds. The highest BCUT2D eigenvalue weighted by Gasteiger charge is 2.13. The fraction of sp³-hybridized carbons (Fsp3) is 0.737. The zero-order valence-electron chi connectivity index (χ0n) is 14.4. The van der Waals surface area contributed by atoms with Gasteiger partial charge in [0.15, 0.2) is 0 Å². The molecule has 0 aromatic carbocycles. The van der Waals surface area contributed by atoms with Crippen LogP contribution in [0.25, 0.3) is 0 Å². The maximum atomic E-state index is 4.87. The van der Waals surface area contributed by atoms with E-state index in [1.807, 2.05) is 0 Å². The summed E-state index contributed by atoms with van der Waals surface area (Å²) >= 11 is 0. The number of nitrogens with zero attached hydrogens (tertiary/aromatic N) is 2. The quantitative estimate of drug-likeness (QED) is 0.554. The van der Waals surface area contributed by atoms with E-state index in [4.69, 9.17) is 9.97 Å². The summed E-state index contributed by atoms with van der Waals surface area (Å²) in [4.78, 5) is 9.74. The van der Waals surface area contributed by atoms with E-state index in [2.05, 4.69) is 27.7 Å². The van der Waals surface area contributed by atoms with Gasteiger partial charge in [-0.1, -0.05) is 47.0 Å². The van der Waals surface area contributed by atoms with Crippen LogP contribution in [0.3, 0.4) is 0 Å². The van der Waals surface area contributed by atoms with E-state index in [1.165, 1.54) is 55.5 Å². The fourth-order valence-electron chi connectivity index (χ4n) is 2.65. The summed E-state index contributed by atoms with van der Waals surface area (Å²) in [6, 6.07) is 0. The summed E-state index contributed by atoms with van der Waals surface area (Å²) in [6.07, 6.45) is 12.6. The Kier molecular flexibility index (Phi) is 9.29. The largest absolute Gasteiger partial charge is 0.238 e. The molecule has 2 heteroatoms. The van der Waals surface area contributed by atoms with Crippen LogP contribution in [0.15, 0.2) is 0 Å². The Hall–Kier alpha value is -0.920. The Balaban J connectivity index is 3.09. The highest BCUT2D eigenvalue weighted by Crippen LogP contribution is 2.20. The van der Waals surface area contributed by atoms with Gasteiger partial charge in [0.05, 0.1) is 0 Å². The predicted octanol–water partition coefficient (Wildman–Crippen LogP) is 5.27. The topological polar surface area (TPSA) is 25.8 Å². The second-order valence-electron chi connectivity index (χ2n) is 5.93. The smallest absolute Gasteiger partial charge is 0.128 e. The molecule has 1 aromatic heterocycles. The van der Waals surface area contributed by atoms with E-state index in [0.29, 0.717) is 0 Å². The minimum absolute atomic E-state index is 0.884. The van der Waals surface area contributed by atoms with Gasteiger partial charge in [-0.2, -0.15) is 0 Å². The summed E-state index contributed by atoms with van der Waals surface area (Å²) in [5.74, 6) is 1.02. The summed E-state index contributed by atoms with van der Waals surface area (Å²) < 4.78 is 0. The van der Waals surface area contributed by atoms with Crippen LogP contribution in [0.4, 0.5) is 0 Å². The predicted molar refractivity (Wildman–Crippen MR) is 91.5 cm³/mol. The summed E-state index contributed by atoms with van der Waals surface area (Å²) in [5.41, 5.74) is 4.12. The lowest BCUT2D eigenvalue weighted by atomic mass is 9.98. The number of hydrogen-bond acceptors (Lipinski definition) is 2. The van der Waals surface area contributed by atoms with Crippen LogP contribution in [0.2, 0.25) is 0 Å². The van der Waals surface area contributed by atoms with E-state index in [-0.39, 0.29) is 0 Å². The molecule has 1 heterocycles. The molecule has 1 rings (SSSR count). The SMILES string of the molecule is [CH2]CCc1nc(CCCC)c(CCCC)c(CCCC)n1. The van der Waals surface area contributed by atoms with Gasteiger partial charge in [-0.05, 0) is 50.5 Å². The molecule has 0 spiro atoms. The van der Waals surface area contributed by atoms with Gasteiger partial charge < -0.3 is 0 Å². The molecule has 0 aliphatic carbocycles.